The van der Waals surface area contributed by atoms with Gasteiger partial charge in [0.1, 0.15) is 0 Å². The highest BCUT2D eigenvalue weighted by molar-refractivity contribution is 7.87. The molecule has 6 heteroatoms. The van der Waals surface area contributed by atoms with Gasteiger partial charge in [0.05, 0.1) is 0 Å². The van der Waals surface area contributed by atoms with Gasteiger partial charge in [0.25, 0.3) is 10.2 Å². The molecule has 1 fully saturated rings. The third-order valence-electron chi connectivity index (χ3n) is 4.22. The average Bonchev–Trinajstić information content (AvgIpc) is 2.48. The predicted octanol–water partition coefficient (Wildman–Crippen LogP) is 1.68. The van der Waals surface area contributed by atoms with Gasteiger partial charge in [-0.05, 0) is 44.3 Å². The highest BCUT2D eigenvalue weighted by Crippen LogP contribution is 2.17. The maximum atomic E-state index is 12.2. The van der Waals surface area contributed by atoms with E-state index < -0.39 is 10.2 Å². The van der Waals surface area contributed by atoms with Crippen molar-refractivity contribution < 1.29 is 8.42 Å². The molecule has 0 aromatic heterocycles. The van der Waals surface area contributed by atoms with Crippen LogP contribution in [-0.4, -0.2) is 51.4 Å². The van der Waals surface area contributed by atoms with E-state index in [9.17, 15) is 8.42 Å². The summed E-state index contributed by atoms with van der Waals surface area (Å²) in [5.74, 6) is 0.598. The van der Waals surface area contributed by atoms with Gasteiger partial charge in [-0.2, -0.15) is 12.7 Å². The second-order valence-corrected chi connectivity index (χ2v) is 8.06. The first-order valence-corrected chi connectivity index (χ1v) is 9.35. The highest BCUT2D eigenvalue weighted by atomic mass is 32.2. The Morgan fingerprint density at radius 2 is 2.05 bits per heavy atom. The predicted molar refractivity (Wildman–Crippen MR) is 89.7 cm³/mol. The van der Waals surface area contributed by atoms with Gasteiger partial charge in [-0.3, -0.25) is 0 Å². The Balaban J connectivity index is 1.78. The summed E-state index contributed by atoms with van der Waals surface area (Å²) in [6.07, 6.45) is 3.32. The van der Waals surface area contributed by atoms with Crippen molar-refractivity contribution in [3.05, 3.63) is 35.9 Å². The molecule has 22 heavy (non-hydrogen) atoms. The van der Waals surface area contributed by atoms with Crippen LogP contribution in [0.25, 0.3) is 0 Å². The summed E-state index contributed by atoms with van der Waals surface area (Å²) >= 11 is 0. The summed E-state index contributed by atoms with van der Waals surface area (Å²) in [4.78, 5) is 2.32. The normalized spacial score (nSPS) is 20.4. The van der Waals surface area contributed by atoms with Gasteiger partial charge in [-0.1, -0.05) is 30.3 Å². The molecule has 1 aliphatic heterocycles. The topological polar surface area (TPSA) is 52.7 Å². The molecule has 0 saturated carbocycles. The van der Waals surface area contributed by atoms with Gasteiger partial charge in [0.2, 0.25) is 0 Å². The van der Waals surface area contributed by atoms with Crippen molar-refractivity contribution in [2.75, 3.05) is 33.7 Å². The van der Waals surface area contributed by atoms with Crippen molar-refractivity contribution >= 4 is 10.2 Å². The van der Waals surface area contributed by atoms with Crippen LogP contribution in [-0.2, 0) is 16.8 Å². The second-order valence-electron chi connectivity index (χ2n) is 6.20. The quantitative estimate of drug-likeness (QED) is 0.830. The van der Waals surface area contributed by atoms with E-state index >= 15 is 0 Å². The fraction of sp³-hybridized carbons (Fsp3) is 0.625. The molecule has 1 saturated heterocycles. The number of nitrogens with zero attached hydrogens (tertiary/aromatic N) is 2. The largest absolute Gasteiger partial charge is 0.306 e. The van der Waals surface area contributed by atoms with E-state index in [-0.39, 0.29) is 0 Å². The minimum absolute atomic E-state index is 0.391. The van der Waals surface area contributed by atoms with Gasteiger partial charge >= 0.3 is 0 Å². The second kappa shape index (κ2) is 8.06. The molecule has 1 aliphatic rings. The van der Waals surface area contributed by atoms with Crippen LogP contribution in [0.2, 0.25) is 0 Å². The fourth-order valence-corrected chi connectivity index (χ4v) is 3.85. The van der Waals surface area contributed by atoms with Crippen LogP contribution in [0.1, 0.15) is 24.8 Å². The van der Waals surface area contributed by atoms with E-state index in [0.717, 1.165) is 25.1 Å². The van der Waals surface area contributed by atoms with Gasteiger partial charge in [-0.25, -0.2) is 4.72 Å². The molecular weight excluding hydrogens is 298 g/mol. The molecule has 1 N–H and O–H groups in total. The molecule has 0 bridgehead atoms. The molecule has 5 nitrogen and oxygen atoms in total. The van der Waals surface area contributed by atoms with Gasteiger partial charge in [-0.15, -0.1) is 0 Å². The fourth-order valence-electron chi connectivity index (χ4n) is 2.94. The van der Waals surface area contributed by atoms with E-state index in [1.165, 1.54) is 17.1 Å². The van der Waals surface area contributed by atoms with Crippen molar-refractivity contribution in [1.29, 1.82) is 0 Å². The number of hydrogen-bond acceptors (Lipinski definition) is 3. The van der Waals surface area contributed by atoms with Crippen LogP contribution in [0.3, 0.4) is 0 Å². The molecule has 0 spiro atoms. The van der Waals surface area contributed by atoms with Crippen LogP contribution in [0.4, 0.5) is 0 Å². The highest BCUT2D eigenvalue weighted by Gasteiger charge is 2.20. The average molecular weight is 325 g/mol. The molecule has 0 radical (unpaired) electrons. The summed E-state index contributed by atoms with van der Waals surface area (Å²) in [5, 5.41) is 0. The molecule has 1 atom stereocenters. The maximum absolute atomic E-state index is 12.2. The van der Waals surface area contributed by atoms with Crippen molar-refractivity contribution in [2.45, 2.75) is 25.8 Å². The summed E-state index contributed by atoms with van der Waals surface area (Å²) in [6, 6.07) is 9.64. The third-order valence-corrected chi connectivity index (χ3v) is 5.74. The molecule has 0 aliphatic carbocycles. The van der Waals surface area contributed by atoms with Crippen molar-refractivity contribution in [1.82, 2.24) is 13.9 Å². The summed E-state index contributed by atoms with van der Waals surface area (Å²) < 4.78 is 28.6. The van der Waals surface area contributed by atoms with Crippen molar-refractivity contribution in [3.8, 4) is 0 Å². The Labute approximate surface area is 134 Å². The summed E-state index contributed by atoms with van der Waals surface area (Å²) in [6.45, 7) is 3.13. The lowest BCUT2D eigenvalue weighted by Gasteiger charge is -2.29. The van der Waals surface area contributed by atoms with E-state index in [2.05, 4.69) is 16.7 Å². The number of likely N-dealkylation sites (tertiary alicyclic amines) is 1. The Kier molecular flexibility index (Phi) is 6.37. The van der Waals surface area contributed by atoms with Gasteiger partial charge in [0.15, 0.2) is 0 Å². The van der Waals surface area contributed by atoms with Crippen LogP contribution in [0.5, 0.6) is 0 Å². The monoisotopic (exact) mass is 325 g/mol. The Hall–Kier alpha value is -0.950. The van der Waals surface area contributed by atoms with Gasteiger partial charge < -0.3 is 4.90 Å². The zero-order valence-corrected chi connectivity index (χ0v) is 14.3. The molecule has 0 amide bonds. The lowest BCUT2D eigenvalue weighted by atomic mass is 9.95. The first kappa shape index (κ1) is 17.4. The SMILES string of the molecule is CN1CCC[C@@H](CCNS(=O)(=O)N(C)Cc2ccccc2)C1. The van der Waals surface area contributed by atoms with Gasteiger partial charge in [0, 0.05) is 26.7 Å². The lowest BCUT2D eigenvalue weighted by Crippen LogP contribution is -2.40. The van der Waals surface area contributed by atoms with Crippen LogP contribution in [0.15, 0.2) is 30.3 Å². The smallest absolute Gasteiger partial charge is 0.279 e. The van der Waals surface area contributed by atoms with Crippen molar-refractivity contribution in [2.24, 2.45) is 5.92 Å². The molecule has 1 aromatic rings. The number of benzene rings is 1. The molecule has 124 valence electrons. The van der Waals surface area contributed by atoms with Crippen LogP contribution in [0, 0.1) is 5.92 Å². The molecule has 1 heterocycles. The van der Waals surface area contributed by atoms with E-state index in [1.54, 1.807) is 7.05 Å². The zero-order valence-electron chi connectivity index (χ0n) is 13.5. The number of rotatable bonds is 7. The standard InChI is InChI=1S/C16H27N3O2S/c1-18-12-6-9-16(13-18)10-11-17-22(20,21)19(2)14-15-7-4-3-5-8-15/h3-5,7-8,16-17H,6,9-14H2,1-2H3/t16-/m0/s1. The van der Waals surface area contributed by atoms with Crippen LogP contribution >= 0.6 is 0 Å². The molecule has 2 rings (SSSR count). The Bertz CT molecular complexity index is 548. The third kappa shape index (κ3) is 5.35. The summed E-state index contributed by atoms with van der Waals surface area (Å²) in [7, 11) is 0.341. The Morgan fingerprint density at radius 1 is 1.32 bits per heavy atom. The molecular formula is C16H27N3O2S. The minimum atomic E-state index is -3.40. The molecule has 0 unspecified atom stereocenters. The number of piperidine rings is 1. The maximum Gasteiger partial charge on any atom is 0.279 e. The minimum Gasteiger partial charge on any atom is -0.306 e. The Morgan fingerprint density at radius 3 is 2.73 bits per heavy atom. The van der Waals surface area contributed by atoms with E-state index in [4.69, 9.17) is 0 Å². The first-order chi connectivity index (χ1) is 10.5. The first-order valence-electron chi connectivity index (χ1n) is 7.91. The van der Waals surface area contributed by atoms with Crippen LogP contribution < -0.4 is 4.72 Å². The zero-order chi connectivity index (χ0) is 16.0. The number of hydrogen-bond donors (Lipinski definition) is 1. The van der Waals surface area contributed by atoms with E-state index in [0.29, 0.717) is 19.0 Å². The summed E-state index contributed by atoms with van der Waals surface area (Å²) in [5.41, 5.74) is 0.990. The molecule has 1 aromatic carbocycles. The number of nitrogens with one attached hydrogen (secondary N) is 1. The van der Waals surface area contributed by atoms with E-state index in [1.807, 2.05) is 30.3 Å². The van der Waals surface area contributed by atoms with Crippen molar-refractivity contribution in [3.63, 3.8) is 0 Å². The lowest BCUT2D eigenvalue weighted by molar-refractivity contribution is 0.203.